The Morgan fingerprint density at radius 3 is 2.44 bits per heavy atom. The van der Waals surface area contributed by atoms with E-state index in [0.29, 0.717) is 18.6 Å². The Kier molecular flexibility index (Phi) is 4.48. The average Bonchev–Trinajstić information content (AvgIpc) is 2.73. The maximum Gasteiger partial charge on any atom is 0.169 e. The van der Waals surface area contributed by atoms with Gasteiger partial charge in [-0.25, -0.2) is 0 Å². The molecule has 2 heterocycles. The van der Waals surface area contributed by atoms with Crippen molar-refractivity contribution in [2.75, 3.05) is 26.7 Å². The van der Waals surface area contributed by atoms with Gasteiger partial charge in [0, 0.05) is 31.7 Å². The molecule has 1 aliphatic heterocycles. The average molecular weight is 316 g/mol. The van der Waals surface area contributed by atoms with Crippen molar-refractivity contribution in [1.82, 2.24) is 9.80 Å². The van der Waals surface area contributed by atoms with Crippen molar-refractivity contribution in [3.8, 4) is 0 Å². The number of furan rings is 1. The highest BCUT2D eigenvalue weighted by molar-refractivity contribution is 9.10. The van der Waals surface area contributed by atoms with E-state index in [0.717, 1.165) is 23.5 Å². The lowest BCUT2D eigenvalue weighted by Gasteiger charge is -2.44. The fourth-order valence-electron chi connectivity index (χ4n) is 2.65. The van der Waals surface area contributed by atoms with Crippen molar-refractivity contribution in [3.05, 3.63) is 22.6 Å². The highest BCUT2D eigenvalue weighted by Gasteiger charge is 2.32. The van der Waals surface area contributed by atoms with Crippen LogP contribution >= 0.6 is 15.9 Å². The molecule has 18 heavy (non-hydrogen) atoms. The second-order valence-electron chi connectivity index (χ2n) is 5.21. The highest BCUT2D eigenvalue weighted by atomic mass is 79.9. The molecule has 0 aromatic carbocycles. The summed E-state index contributed by atoms with van der Waals surface area (Å²) >= 11 is 3.35. The monoisotopic (exact) mass is 315 g/mol. The molecule has 0 amide bonds. The van der Waals surface area contributed by atoms with E-state index in [4.69, 9.17) is 10.2 Å². The van der Waals surface area contributed by atoms with Crippen LogP contribution in [0.4, 0.5) is 0 Å². The normalized spacial score (nSPS) is 28.5. The van der Waals surface area contributed by atoms with Gasteiger partial charge in [-0.1, -0.05) is 0 Å². The maximum atomic E-state index is 5.94. The van der Waals surface area contributed by atoms with Gasteiger partial charge in [0.2, 0.25) is 0 Å². The third kappa shape index (κ3) is 2.79. The summed E-state index contributed by atoms with van der Waals surface area (Å²) in [6.45, 7) is 7.16. The molecule has 1 aromatic rings. The van der Waals surface area contributed by atoms with Gasteiger partial charge in [0.05, 0.1) is 6.04 Å². The molecule has 3 atom stereocenters. The highest BCUT2D eigenvalue weighted by Crippen LogP contribution is 2.27. The summed E-state index contributed by atoms with van der Waals surface area (Å²) in [7, 11) is 2.19. The van der Waals surface area contributed by atoms with E-state index in [1.807, 2.05) is 12.1 Å². The Morgan fingerprint density at radius 1 is 1.39 bits per heavy atom. The molecule has 102 valence electrons. The van der Waals surface area contributed by atoms with Crippen molar-refractivity contribution in [2.24, 2.45) is 5.73 Å². The van der Waals surface area contributed by atoms with E-state index in [9.17, 15) is 0 Å². The molecule has 1 aliphatic rings. The molecule has 0 radical (unpaired) electrons. The lowest BCUT2D eigenvalue weighted by Crippen LogP contribution is -2.56. The topological polar surface area (TPSA) is 45.6 Å². The van der Waals surface area contributed by atoms with Gasteiger partial charge in [-0.05, 0) is 49.0 Å². The second kappa shape index (κ2) is 5.74. The minimum Gasteiger partial charge on any atom is -0.453 e. The van der Waals surface area contributed by atoms with Crippen molar-refractivity contribution in [2.45, 2.75) is 32.0 Å². The standard InChI is InChI=1S/C13H22BrN3O/c1-9-7-17(8-10(2)16(9)3)11(6-15)12-4-5-13(14)18-12/h4-5,9-11H,6-8,15H2,1-3H3. The summed E-state index contributed by atoms with van der Waals surface area (Å²) in [5, 5.41) is 0. The molecule has 1 fully saturated rings. The first kappa shape index (κ1) is 14.1. The van der Waals surface area contributed by atoms with Crippen LogP contribution in [-0.4, -0.2) is 48.6 Å². The number of hydrogen-bond acceptors (Lipinski definition) is 4. The zero-order valence-electron chi connectivity index (χ0n) is 11.3. The summed E-state index contributed by atoms with van der Waals surface area (Å²) in [6, 6.07) is 5.20. The quantitative estimate of drug-likeness (QED) is 0.927. The van der Waals surface area contributed by atoms with Crippen molar-refractivity contribution >= 4 is 15.9 Å². The van der Waals surface area contributed by atoms with Gasteiger partial charge in [0.15, 0.2) is 4.67 Å². The first-order valence-electron chi connectivity index (χ1n) is 6.44. The predicted molar refractivity (Wildman–Crippen MR) is 76.5 cm³/mol. The Labute approximate surface area is 117 Å². The summed E-state index contributed by atoms with van der Waals surface area (Å²) in [6.07, 6.45) is 0. The fourth-order valence-corrected chi connectivity index (χ4v) is 2.97. The molecule has 2 rings (SSSR count). The summed E-state index contributed by atoms with van der Waals surface area (Å²) in [5.41, 5.74) is 5.94. The van der Waals surface area contributed by atoms with E-state index < -0.39 is 0 Å². The predicted octanol–water partition coefficient (Wildman–Crippen LogP) is 2.07. The first-order chi connectivity index (χ1) is 8.52. The van der Waals surface area contributed by atoms with E-state index >= 15 is 0 Å². The van der Waals surface area contributed by atoms with Crippen molar-refractivity contribution < 1.29 is 4.42 Å². The van der Waals surface area contributed by atoms with Crippen LogP contribution in [0.5, 0.6) is 0 Å². The van der Waals surface area contributed by atoms with Gasteiger partial charge in [-0.2, -0.15) is 0 Å². The second-order valence-corrected chi connectivity index (χ2v) is 5.99. The molecular formula is C13H22BrN3O. The molecule has 1 saturated heterocycles. The fraction of sp³-hybridized carbons (Fsp3) is 0.692. The molecule has 0 spiro atoms. The Hall–Kier alpha value is -0.360. The van der Waals surface area contributed by atoms with Gasteiger partial charge in [-0.15, -0.1) is 0 Å². The van der Waals surface area contributed by atoms with E-state index in [1.54, 1.807) is 0 Å². The van der Waals surface area contributed by atoms with Crippen molar-refractivity contribution in [1.29, 1.82) is 0 Å². The molecule has 1 aromatic heterocycles. The van der Waals surface area contributed by atoms with E-state index in [-0.39, 0.29) is 6.04 Å². The number of rotatable bonds is 3. The Balaban J connectivity index is 2.13. The minimum atomic E-state index is 0.176. The molecule has 0 aliphatic carbocycles. The minimum absolute atomic E-state index is 0.176. The Morgan fingerprint density at radius 2 is 2.00 bits per heavy atom. The SMILES string of the molecule is CC1CN(C(CN)c2ccc(Br)o2)CC(C)N1C. The van der Waals surface area contributed by atoms with Gasteiger partial charge in [0.25, 0.3) is 0 Å². The van der Waals surface area contributed by atoms with Crippen LogP contribution in [0, 0.1) is 0 Å². The molecule has 4 nitrogen and oxygen atoms in total. The number of halogens is 1. The summed E-state index contributed by atoms with van der Waals surface area (Å²) < 4.78 is 6.44. The van der Waals surface area contributed by atoms with Gasteiger partial charge >= 0.3 is 0 Å². The summed E-state index contributed by atoms with van der Waals surface area (Å²) in [4.78, 5) is 4.85. The van der Waals surface area contributed by atoms with Crippen LogP contribution in [0.15, 0.2) is 21.2 Å². The van der Waals surface area contributed by atoms with Crippen LogP contribution in [0.2, 0.25) is 0 Å². The van der Waals surface area contributed by atoms with Gasteiger partial charge in [-0.3, -0.25) is 9.80 Å². The zero-order valence-corrected chi connectivity index (χ0v) is 12.9. The molecular weight excluding hydrogens is 294 g/mol. The largest absolute Gasteiger partial charge is 0.453 e. The van der Waals surface area contributed by atoms with Crippen LogP contribution < -0.4 is 5.73 Å². The molecule has 5 heteroatoms. The smallest absolute Gasteiger partial charge is 0.169 e. The van der Waals surface area contributed by atoms with E-state index in [1.165, 1.54) is 0 Å². The number of hydrogen-bond donors (Lipinski definition) is 1. The third-order valence-electron chi connectivity index (χ3n) is 3.97. The van der Waals surface area contributed by atoms with Crippen LogP contribution in [0.1, 0.15) is 25.6 Å². The zero-order chi connectivity index (χ0) is 13.3. The Bertz CT molecular complexity index is 383. The van der Waals surface area contributed by atoms with E-state index in [2.05, 4.69) is 46.6 Å². The number of nitrogens with two attached hydrogens (primary N) is 1. The lowest BCUT2D eigenvalue weighted by atomic mass is 10.1. The molecule has 0 bridgehead atoms. The van der Waals surface area contributed by atoms with Gasteiger partial charge in [0.1, 0.15) is 5.76 Å². The van der Waals surface area contributed by atoms with Gasteiger partial charge < -0.3 is 10.2 Å². The number of nitrogens with zero attached hydrogens (tertiary/aromatic N) is 2. The molecule has 2 N–H and O–H groups in total. The van der Waals surface area contributed by atoms with Crippen LogP contribution in [0.25, 0.3) is 0 Å². The molecule has 0 saturated carbocycles. The number of piperazine rings is 1. The lowest BCUT2D eigenvalue weighted by molar-refractivity contribution is 0.0294. The molecule has 3 unspecified atom stereocenters. The number of likely N-dealkylation sites (N-methyl/N-ethyl adjacent to an activating group) is 1. The van der Waals surface area contributed by atoms with Crippen LogP contribution in [-0.2, 0) is 0 Å². The third-order valence-corrected chi connectivity index (χ3v) is 4.40. The van der Waals surface area contributed by atoms with Crippen LogP contribution in [0.3, 0.4) is 0 Å². The first-order valence-corrected chi connectivity index (χ1v) is 7.23. The summed E-state index contributed by atoms with van der Waals surface area (Å²) in [5.74, 6) is 0.952. The maximum absolute atomic E-state index is 5.94. The van der Waals surface area contributed by atoms with Crippen molar-refractivity contribution in [3.63, 3.8) is 0 Å².